The summed E-state index contributed by atoms with van der Waals surface area (Å²) in [5.74, 6) is -2.19. The van der Waals surface area contributed by atoms with E-state index in [1.807, 2.05) is 0 Å². The number of carboxylic acid groups (broad SMARTS) is 1. The third kappa shape index (κ3) is 6.43. The molecule has 3 aliphatic carbocycles. The average Bonchev–Trinajstić information content (AvgIpc) is 2.80. The van der Waals surface area contributed by atoms with Crippen molar-refractivity contribution in [2.24, 2.45) is 23.7 Å². The number of methoxy groups -OCH3 is 1. The van der Waals surface area contributed by atoms with Crippen LogP contribution in [-0.2, 0) is 33.4 Å². The second-order valence-corrected chi connectivity index (χ2v) is 9.23. The zero-order chi connectivity index (χ0) is 22.4. The van der Waals surface area contributed by atoms with Gasteiger partial charge in [-0.15, -0.1) is 0 Å². The zero-order valence-corrected chi connectivity index (χ0v) is 18.3. The zero-order valence-electron chi connectivity index (χ0n) is 18.3. The molecule has 1 N–H and O–H groups in total. The fourth-order valence-corrected chi connectivity index (χ4v) is 5.10. The van der Waals surface area contributed by atoms with Gasteiger partial charge < -0.3 is 19.3 Å². The minimum atomic E-state index is -0.781. The second-order valence-electron chi connectivity index (χ2n) is 9.23. The molecule has 0 saturated heterocycles. The maximum absolute atomic E-state index is 12.5. The Morgan fingerprint density at radius 3 is 1.19 bits per heavy atom. The van der Waals surface area contributed by atoms with Crippen LogP contribution in [0.25, 0.3) is 0 Å². The van der Waals surface area contributed by atoms with Gasteiger partial charge in [-0.05, 0) is 77.0 Å². The summed E-state index contributed by atoms with van der Waals surface area (Å²) in [6, 6.07) is 0. The molecule has 0 unspecified atom stereocenters. The number of rotatable bonds is 6. The molecule has 0 atom stereocenters. The number of ether oxygens (including phenoxy) is 3. The first-order valence-corrected chi connectivity index (χ1v) is 11.6. The fourth-order valence-electron chi connectivity index (χ4n) is 5.10. The third-order valence-corrected chi connectivity index (χ3v) is 7.19. The quantitative estimate of drug-likeness (QED) is 0.496. The van der Waals surface area contributed by atoms with Crippen molar-refractivity contribution in [2.75, 3.05) is 7.11 Å². The number of carbonyl (C=O) groups is 4. The van der Waals surface area contributed by atoms with Crippen LogP contribution in [0.2, 0.25) is 0 Å². The van der Waals surface area contributed by atoms with Crippen LogP contribution in [0.1, 0.15) is 77.0 Å². The molecular weight excluding hydrogens is 404 g/mol. The van der Waals surface area contributed by atoms with Crippen molar-refractivity contribution in [1.82, 2.24) is 0 Å². The van der Waals surface area contributed by atoms with Gasteiger partial charge >= 0.3 is 23.9 Å². The smallest absolute Gasteiger partial charge is 0.309 e. The highest BCUT2D eigenvalue weighted by molar-refractivity contribution is 5.75. The van der Waals surface area contributed by atoms with Crippen LogP contribution in [0.4, 0.5) is 0 Å². The van der Waals surface area contributed by atoms with E-state index in [1.54, 1.807) is 0 Å². The topological polar surface area (TPSA) is 116 Å². The molecule has 174 valence electrons. The van der Waals surface area contributed by atoms with Gasteiger partial charge in [-0.25, -0.2) is 0 Å². The predicted octanol–water partition coefficient (Wildman–Crippen LogP) is 3.25. The van der Waals surface area contributed by atoms with Crippen LogP contribution in [0.3, 0.4) is 0 Å². The number of hydrogen-bond acceptors (Lipinski definition) is 7. The number of hydrogen-bond donors (Lipinski definition) is 1. The minimum Gasteiger partial charge on any atom is -0.481 e. The molecule has 8 heteroatoms. The Hall–Kier alpha value is -2.12. The molecule has 3 saturated carbocycles. The molecule has 3 fully saturated rings. The Labute approximate surface area is 183 Å². The van der Waals surface area contributed by atoms with Gasteiger partial charge in [0.05, 0.1) is 30.8 Å². The molecule has 0 aromatic carbocycles. The van der Waals surface area contributed by atoms with Crippen LogP contribution in [-0.4, -0.2) is 48.3 Å². The summed E-state index contributed by atoms with van der Waals surface area (Å²) in [5, 5.41) is 9.07. The largest absolute Gasteiger partial charge is 0.481 e. The minimum absolute atomic E-state index is 0.113. The predicted molar refractivity (Wildman–Crippen MR) is 109 cm³/mol. The van der Waals surface area contributed by atoms with Crippen molar-refractivity contribution in [3.8, 4) is 0 Å². The standard InChI is InChI=1S/C23H34O8/c1-29-21(26)15-6-8-17(9-7-15)23(28)31-19-12-10-18(11-13-19)30-22(27)16-4-2-14(3-5-16)20(24)25/h14-19H,2-13H2,1H3,(H,24,25). The molecule has 3 aliphatic rings. The third-order valence-electron chi connectivity index (χ3n) is 7.19. The summed E-state index contributed by atoms with van der Waals surface area (Å²) < 4.78 is 16.2. The van der Waals surface area contributed by atoms with Gasteiger partial charge in [0.25, 0.3) is 0 Å². The molecule has 0 amide bonds. The first-order chi connectivity index (χ1) is 14.9. The number of aliphatic carboxylic acids is 1. The highest BCUT2D eigenvalue weighted by Crippen LogP contribution is 2.33. The molecule has 0 bridgehead atoms. The summed E-state index contributed by atoms with van der Waals surface area (Å²) >= 11 is 0. The number of carboxylic acids is 1. The monoisotopic (exact) mass is 438 g/mol. The lowest BCUT2D eigenvalue weighted by Gasteiger charge is -2.32. The molecule has 0 spiro atoms. The normalized spacial score (nSPS) is 33.7. The highest BCUT2D eigenvalue weighted by atomic mass is 16.6. The van der Waals surface area contributed by atoms with Gasteiger partial charge in [-0.3, -0.25) is 19.2 Å². The lowest BCUT2D eigenvalue weighted by atomic mass is 9.82. The van der Waals surface area contributed by atoms with Crippen molar-refractivity contribution in [3.63, 3.8) is 0 Å². The van der Waals surface area contributed by atoms with Crippen LogP contribution < -0.4 is 0 Å². The van der Waals surface area contributed by atoms with Crippen molar-refractivity contribution in [1.29, 1.82) is 0 Å². The Bertz CT molecular complexity index is 650. The summed E-state index contributed by atoms with van der Waals surface area (Å²) in [7, 11) is 1.39. The van der Waals surface area contributed by atoms with Gasteiger partial charge in [-0.1, -0.05) is 0 Å². The molecule has 0 aromatic rings. The van der Waals surface area contributed by atoms with Gasteiger partial charge in [0, 0.05) is 0 Å². The van der Waals surface area contributed by atoms with Gasteiger partial charge in [0.15, 0.2) is 0 Å². The average molecular weight is 439 g/mol. The van der Waals surface area contributed by atoms with E-state index in [1.165, 1.54) is 7.11 Å². The number of esters is 3. The Morgan fingerprint density at radius 1 is 0.548 bits per heavy atom. The molecule has 0 aromatic heterocycles. The molecule has 0 heterocycles. The van der Waals surface area contributed by atoms with Crippen LogP contribution in [0.5, 0.6) is 0 Å². The van der Waals surface area contributed by atoms with Crippen molar-refractivity contribution < 1.29 is 38.5 Å². The van der Waals surface area contributed by atoms with E-state index in [0.29, 0.717) is 77.0 Å². The van der Waals surface area contributed by atoms with Gasteiger partial charge in [-0.2, -0.15) is 0 Å². The van der Waals surface area contributed by atoms with Gasteiger partial charge in [0.1, 0.15) is 12.2 Å². The van der Waals surface area contributed by atoms with E-state index in [9.17, 15) is 19.2 Å². The summed E-state index contributed by atoms with van der Waals surface area (Å²) in [6.07, 6.45) is 7.19. The summed E-state index contributed by atoms with van der Waals surface area (Å²) in [4.78, 5) is 47.6. The van der Waals surface area contributed by atoms with Crippen LogP contribution >= 0.6 is 0 Å². The molecule has 31 heavy (non-hydrogen) atoms. The van der Waals surface area contributed by atoms with Crippen LogP contribution in [0.15, 0.2) is 0 Å². The van der Waals surface area contributed by atoms with E-state index >= 15 is 0 Å². The highest BCUT2D eigenvalue weighted by Gasteiger charge is 2.35. The first-order valence-electron chi connectivity index (χ1n) is 11.6. The van der Waals surface area contributed by atoms with Crippen LogP contribution in [0, 0.1) is 23.7 Å². The van der Waals surface area contributed by atoms with Crippen molar-refractivity contribution >= 4 is 23.9 Å². The second kappa shape index (κ2) is 11.0. The van der Waals surface area contributed by atoms with Crippen molar-refractivity contribution in [3.05, 3.63) is 0 Å². The SMILES string of the molecule is COC(=O)C1CCC(C(=O)OC2CCC(OC(=O)C3CCC(C(=O)O)CC3)CC2)CC1. The van der Waals surface area contributed by atoms with E-state index in [2.05, 4.69) is 0 Å². The molecule has 8 nitrogen and oxygen atoms in total. The first kappa shape index (κ1) is 23.5. The molecule has 0 aliphatic heterocycles. The molecule has 3 rings (SSSR count). The molecule has 0 radical (unpaired) electrons. The Kier molecular flexibility index (Phi) is 8.32. The van der Waals surface area contributed by atoms with E-state index in [4.69, 9.17) is 19.3 Å². The Balaban J connectivity index is 1.33. The number of carbonyl (C=O) groups excluding carboxylic acids is 3. The lowest BCUT2D eigenvalue weighted by molar-refractivity contribution is -0.165. The van der Waals surface area contributed by atoms with E-state index < -0.39 is 5.97 Å². The van der Waals surface area contributed by atoms with E-state index in [0.717, 1.165) is 0 Å². The summed E-state index contributed by atoms with van der Waals surface area (Å²) in [6.45, 7) is 0. The molecular formula is C23H34O8. The Morgan fingerprint density at radius 2 is 0.871 bits per heavy atom. The maximum Gasteiger partial charge on any atom is 0.309 e. The van der Waals surface area contributed by atoms with Gasteiger partial charge in [0.2, 0.25) is 0 Å². The fraction of sp³-hybridized carbons (Fsp3) is 0.826. The lowest BCUT2D eigenvalue weighted by Crippen LogP contribution is -2.34. The maximum atomic E-state index is 12.5. The summed E-state index contributed by atoms with van der Waals surface area (Å²) in [5.41, 5.74) is 0. The van der Waals surface area contributed by atoms with Crippen molar-refractivity contribution in [2.45, 2.75) is 89.3 Å². The van der Waals surface area contributed by atoms with E-state index in [-0.39, 0.29) is 53.8 Å².